The fourth-order valence-electron chi connectivity index (χ4n) is 4.69. The lowest BCUT2D eigenvalue weighted by Gasteiger charge is -2.11. The molecule has 4 N–H and O–H groups in total. The van der Waals surface area contributed by atoms with E-state index in [1.807, 2.05) is 59.1 Å². The number of anilines is 1. The number of amides is 1. The first-order valence-electron chi connectivity index (χ1n) is 11.1. The summed E-state index contributed by atoms with van der Waals surface area (Å²) in [5, 5.41) is 4.54. The van der Waals surface area contributed by atoms with E-state index in [0.717, 1.165) is 65.1 Å². The molecular formula is C26H25N5O2. The highest BCUT2D eigenvalue weighted by Crippen LogP contribution is 2.44. The van der Waals surface area contributed by atoms with Crippen molar-refractivity contribution in [1.29, 1.82) is 0 Å². The minimum Gasteiger partial charge on any atom is -0.457 e. The van der Waals surface area contributed by atoms with Gasteiger partial charge in [0.25, 0.3) is 0 Å². The number of nitrogens with two attached hydrogens (primary N) is 2. The summed E-state index contributed by atoms with van der Waals surface area (Å²) in [7, 11) is 0. The monoisotopic (exact) mass is 439 g/mol. The van der Waals surface area contributed by atoms with E-state index in [0.29, 0.717) is 11.7 Å². The number of benzene rings is 2. The number of hydrogen-bond donors (Lipinski definition) is 2. The molecule has 0 saturated heterocycles. The van der Waals surface area contributed by atoms with Crippen molar-refractivity contribution >= 4 is 23.3 Å². The third kappa shape index (κ3) is 4.05. The number of carbonyl (C=O) groups is 1. The Balaban J connectivity index is 1.66. The van der Waals surface area contributed by atoms with Gasteiger partial charge >= 0.3 is 0 Å². The zero-order valence-electron chi connectivity index (χ0n) is 18.1. The van der Waals surface area contributed by atoms with Crippen LogP contribution in [-0.4, -0.2) is 20.5 Å². The Morgan fingerprint density at radius 1 is 1.03 bits per heavy atom. The number of ether oxygens (including phenoxy) is 1. The predicted octanol–water partition coefficient (Wildman–Crippen LogP) is 4.93. The Labute approximate surface area is 191 Å². The lowest BCUT2D eigenvalue weighted by molar-refractivity contribution is -0.113. The molecule has 0 spiro atoms. The molecule has 2 aromatic carbocycles. The molecule has 1 aliphatic rings. The fourth-order valence-corrected chi connectivity index (χ4v) is 4.69. The van der Waals surface area contributed by atoms with Crippen molar-refractivity contribution in [3.63, 3.8) is 0 Å². The average Bonchev–Trinajstić information content (AvgIpc) is 3.45. The van der Waals surface area contributed by atoms with Crippen LogP contribution in [0.4, 0.5) is 5.82 Å². The van der Waals surface area contributed by atoms with E-state index in [4.69, 9.17) is 16.2 Å². The maximum Gasteiger partial charge on any atom is 0.241 e. The molecule has 7 nitrogen and oxygen atoms in total. The SMILES string of the molecule is NC(=O)C=Cc1c(-c2ccc(Oc3ccccc3)cc2)c2c(N)ncnn2c1C1CCCC1. The normalized spacial score (nSPS) is 14.3. The number of carbonyl (C=O) groups excluding carboxylic acids is 1. The molecule has 1 amide bonds. The molecule has 7 heteroatoms. The van der Waals surface area contributed by atoms with E-state index >= 15 is 0 Å². The van der Waals surface area contributed by atoms with E-state index in [9.17, 15) is 4.79 Å². The predicted molar refractivity (Wildman–Crippen MR) is 129 cm³/mol. The molecule has 1 aliphatic carbocycles. The highest BCUT2D eigenvalue weighted by atomic mass is 16.5. The van der Waals surface area contributed by atoms with Crippen molar-refractivity contribution in [3.05, 3.63) is 78.3 Å². The van der Waals surface area contributed by atoms with Crippen molar-refractivity contribution < 1.29 is 9.53 Å². The van der Waals surface area contributed by atoms with Gasteiger partial charge in [-0.25, -0.2) is 9.50 Å². The van der Waals surface area contributed by atoms with Crippen molar-refractivity contribution in [2.75, 3.05) is 5.73 Å². The molecule has 166 valence electrons. The Bertz CT molecular complexity index is 1320. The van der Waals surface area contributed by atoms with Gasteiger partial charge in [0.1, 0.15) is 23.3 Å². The zero-order valence-corrected chi connectivity index (χ0v) is 18.1. The quantitative estimate of drug-likeness (QED) is 0.414. The van der Waals surface area contributed by atoms with Gasteiger partial charge in [0.2, 0.25) is 5.91 Å². The second-order valence-corrected chi connectivity index (χ2v) is 8.24. The first kappa shape index (κ1) is 20.8. The van der Waals surface area contributed by atoms with E-state index < -0.39 is 5.91 Å². The molecule has 0 radical (unpaired) electrons. The number of aromatic nitrogens is 3. The standard InChI is InChI=1S/C26H25N5O2/c27-22(32)15-14-21-23(17-10-12-20(13-11-17)33-19-8-2-1-3-9-19)25-26(28)29-16-30-31(25)24(21)18-6-4-5-7-18/h1-3,8-16,18H,4-7H2,(H2,27,32)(H2,28,29,30). The maximum atomic E-state index is 11.6. The fraction of sp³-hybridized carbons (Fsp3) is 0.192. The lowest BCUT2D eigenvalue weighted by Crippen LogP contribution is -2.06. The average molecular weight is 440 g/mol. The third-order valence-electron chi connectivity index (χ3n) is 6.11. The van der Waals surface area contributed by atoms with E-state index in [1.165, 1.54) is 12.4 Å². The smallest absolute Gasteiger partial charge is 0.241 e. The maximum absolute atomic E-state index is 11.6. The van der Waals surface area contributed by atoms with Crippen LogP contribution in [0.2, 0.25) is 0 Å². The van der Waals surface area contributed by atoms with Gasteiger partial charge in [-0.1, -0.05) is 43.2 Å². The van der Waals surface area contributed by atoms with Crippen LogP contribution in [0.15, 0.2) is 67.0 Å². The number of primary amides is 1. The highest BCUT2D eigenvalue weighted by Gasteiger charge is 2.28. The summed E-state index contributed by atoms with van der Waals surface area (Å²) >= 11 is 0. The topological polar surface area (TPSA) is 109 Å². The largest absolute Gasteiger partial charge is 0.457 e. The van der Waals surface area contributed by atoms with Gasteiger partial charge in [0.15, 0.2) is 5.82 Å². The van der Waals surface area contributed by atoms with Gasteiger partial charge in [-0.05, 0) is 48.7 Å². The summed E-state index contributed by atoms with van der Waals surface area (Å²) in [5.74, 6) is 1.71. The Kier molecular flexibility index (Phi) is 5.52. The molecule has 5 rings (SSSR count). The summed E-state index contributed by atoms with van der Waals surface area (Å²) in [4.78, 5) is 15.9. The van der Waals surface area contributed by atoms with Crippen LogP contribution in [0.25, 0.3) is 22.7 Å². The zero-order chi connectivity index (χ0) is 22.8. The number of hydrogen-bond acceptors (Lipinski definition) is 5. The summed E-state index contributed by atoms with van der Waals surface area (Å²) < 4.78 is 7.84. The van der Waals surface area contributed by atoms with Crippen LogP contribution in [0.3, 0.4) is 0 Å². The summed E-state index contributed by atoms with van der Waals surface area (Å²) in [5.41, 5.74) is 16.3. The van der Waals surface area contributed by atoms with Crippen molar-refractivity contribution in [2.45, 2.75) is 31.6 Å². The molecule has 0 atom stereocenters. The Hall–Kier alpha value is -4.13. The van der Waals surface area contributed by atoms with Crippen molar-refractivity contribution in [3.8, 4) is 22.6 Å². The summed E-state index contributed by atoms with van der Waals surface area (Å²) in [6, 6.07) is 17.4. The third-order valence-corrected chi connectivity index (χ3v) is 6.11. The van der Waals surface area contributed by atoms with Crippen LogP contribution >= 0.6 is 0 Å². The van der Waals surface area contributed by atoms with Gasteiger partial charge in [-0.15, -0.1) is 0 Å². The second kappa shape index (κ2) is 8.78. The first-order chi connectivity index (χ1) is 16.1. The molecular weight excluding hydrogens is 414 g/mol. The number of nitrogens with zero attached hydrogens (tertiary/aromatic N) is 3. The van der Waals surface area contributed by atoms with Crippen LogP contribution < -0.4 is 16.2 Å². The molecule has 0 aliphatic heterocycles. The summed E-state index contributed by atoms with van der Waals surface area (Å²) in [6.45, 7) is 0. The van der Waals surface area contributed by atoms with Gasteiger partial charge in [-0.2, -0.15) is 5.10 Å². The Morgan fingerprint density at radius 3 is 2.42 bits per heavy atom. The molecule has 2 heterocycles. The molecule has 1 saturated carbocycles. The van der Waals surface area contributed by atoms with Crippen LogP contribution in [0.1, 0.15) is 42.9 Å². The molecule has 0 unspecified atom stereocenters. The highest BCUT2D eigenvalue weighted by molar-refractivity contribution is 5.98. The molecule has 0 bridgehead atoms. The van der Waals surface area contributed by atoms with Crippen molar-refractivity contribution in [1.82, 2.24) is 14.6 Å². The minimum atomic E-state index is -0.501. The van der Waals surface area contributed by atoms with Gasteiger partial charge in [0.05, 0.1) is 5.69 Å². The van der Waals surface area contributed by atoms with Crippen LogP contribution in [-0.2, 0) is 4.79 Å². The summed E-state index contributed by atoms with van der Waals surface area (Å²) in [6.07, 6.45) is 9.12. The van der Waals surface area contributed by atoms with E-state index in [2.05, 4.69) is 10.1 Å². The van der Waals surface area contributed by atoms with Gasteiger partial charge in [-0.3, -0.25) is 4.79 Å². The van der Waals surface area contributed by atoms with Gasteiger partial charge < -0.3 is 16.2 Å². The van der Waals surface area contributed by atoms with Crippen LogP contribution in [0.5, 0.6) is 11.5 Å². The molecule has 1 fully saturated rings. The minimum absolute atomic E-state index is 0.328. The number of rotatable bonds is 6. The van der Waals surface area contributed by atoms with E-state index in [1.54, 1.807) is 6.08 Å². The first-order valence-corrected chi connectivity index (χ1v) is 11.1. The Morgan fingerprint density at radius 2 is 1.73 bits per heavy atom. The van der Waals surface area contributed by atoms with Crippen molar-refractivity contribution in [2.24, 2.45) is 5.73 Å². The van der Waals surface area contributed by atoms with Crippen LogP contribution in [0, 0.1) is 0 Å². The number of nitrogen functional groups attached to an aromatic ring is 1. The molecule has 2 aromatic heterocycles. The van der Waals surface area contributed by atoms with E-state index in [-0.39, 0.29) is 0 Å². The second-order valence-electron chi connectivity index (χ2n) is 8.24. The molecule has 4 aromatic rings. The molecule has 33 heavy (non-hydrogen) atoms. The number of para-hydroxylation sites is 1. The van der Waals surface area contributed by atoms with Gasteiger partial charge in [0, 0.05) is 23.1 Å². The lowest BCUT2D eigenvalue weighted by atomic mass is 9.94. The number of fused-ring (bicyclic) bond motifs is 1.